The lowest BCUT2D eigenvalue weighted by Gasteiger charge is -2.55. The second-order valence-electron chi connectivity index (χ2n) is 12.1. The molecule has 5 fully saturated rings. The Morgan fingerprint density at radius 3 is 2.17 bits per heavy atom. The zero-order valence-electron chi connectivity index (χ0n) is 20.8. The molecule has 3 saturated heterocycles. The van der Waals surface area contributed by atoms with Crippen molar-refractivity contribution in [3.63, 3.8) is 0 Å². The number of para-hydroxylation sites is 2. The fourth-order valence-electron chi connectivity index (χ4n) is 8.69. The maximum atomic E-state index is 13.9. The van der Waals surface area contributed by atoms with Crippen molar-refractivity contribution in [3.05, 3.63) is 34.6 Å². The van der Waals surface area contributed by atoms with Gasteiger partial charge in [-0.25, -0.2) is 4.98 Å². The average molecular weight is 475 g/mol. The lowest BCUT2D eigenvalue weighted by Crippen LogP contribution is -2.58. The van der Waals surface area contributed by atoms with Gasteiger partial charge in [0.05, 0.1) is 11.0 Å². The monoisotopic (exact) mass is 474 g/mol. The molecule has 0 unspecified atom stereocenters. The van der Waals surface area contributed by atoms with E-state index in [9.17, 15) is 9.59 Å². The molecule has 6 nitrogen and oxygen atoms in total. The molecule has 0 spiro atoms. The van der Waals surface area contributed by atoms with Gasteiger partial charge < -0.3 is 4.57 Å². The number of anilines is 1. The summed E-state index contributed by atoms with van der Waals surface area (Å²) >= 11 is 0. The summed E-state index contributed by atoms with van der Waals surface area (Å²) in [6.07, 6.45) is 15.8. The molecule has 2 aromatic rings. The van der Waals surface area contributed by atoms with Crippen molar-refractivity contribution in [1.29, 1.82) is 0 Å². The second-order valence-corrected chi connectivity index (χ2v) is 12.1. The normalized spacial score (nSPS) is 35.5. The Kier molecular flexibility index (Phi) is 5.49. The minimum atomic E-state index is -0.0670. The van der Waals surface area contributed by atoms with Crippen LogP contribution in [0.25, 0.3) is 11.0 Å². The minimum absolute atomic E-state index is 0.0333. The van der Waals surface area contributed by atoms with Crippen molar-refractivity contribution in [2.75, 3.05) is 11.4 Å². The zero-order valence-corrected chi connectivity index (χ0v) is 20.8. The van der Waals surface area contributed by atoms with Crippen LogP contribution in [0.15, 0.2) is 29.1 Å². The quantitative estimate of drug-likeness (QED) is 0.625. The van der Waals surface area contributed by atoms with Crippen molar-refractivity contribution < 1.29 is 4.79 Å². The first-order valence-electron chi connectivity index (χ1n) is 14.2. The first-order valence-corrected chi connectivity index (χ1v) is 14.2. The summed E-state index contributed by atoms with van der Waals surface area (Å²) in [6.45, 7) is 0.604. The van der Waals surface area contributed by atoms with Crippen LogP contribution in [0.2, 0.25) is 0 Å². The number of fused-ring (bicyclic) bond motifs is 5. The van der Waals surface area contributed by atoms with E-state index in [4.69, 9.17) is 4.98 Å². The molecular weight excluding hydrogens is 436 g/mol. The van der Waals surface area contributed by atoms with Crippen molar-refractivity contribution >= 4 is 22.8 Å². The molecule has 1 aromatic heterocycles. The second kappa shape index (κ2) is 8.72. The highest BCUT2D eigenvalue weighted by Crippen LogP contribution is 2.47. The third-order valence-corrected chi connectivity index (χ3v) is 10.0. The maximum Gasteiger partial charge on any atom is 0.294 e. The molecule has 2 aliphatic carbocycles. The number of hydrogen-bond acceptors (Lipinski definition) is 4. The van der Waals surface area contributed by atoms with E-state index in [0.717, 1.165) is 48.2 Å². The molecule has 5 aliphatic rings. The van der Waals surface area contributed by atoms with E-state index >= 15 is 0 Å². The molecule has 6 atom stereocenters. The van der Waals surface area contributed by atoms with Gasteiger partial charge in [-0.1, -0.05) is 37.8 Å². The van der Waals surface area contributed by atoms with Gasteiger partial charge in [0.25, 0.3) is 5.56 Å². The van der Waals surface area contributed by atoms with Crippen LogP contribution in [0.5, 0.6) is 0 Å². The first-order chi connectivity index (χ1) is 17.2. The predicted octanol–water partition coefficient (Wildman–Crippen LogP) is 5.05. The SMILES string of the molecule is O=C1CCCN1c1nc2ccccc2n([C@H]2C[C@H]3CCC[C@@H](C2)N3[C@H]2C[C@@H]3CCC[C@@H](C3)C2)c1=O. The molecule has 7 rings (SSSR count). The van der Waals surface area contributed by atoms with E-state index in [2.05, 4.69) is 4.90 Å². The van der Waals surface area contributed by atoms with Gasteiger partial charge in [-0.3, -0.25) is 19.4 Å². The summed E-state index contributed by atoms with van der Waals surface area (Å²) in [7, 11) is 0. The smallest absolute Gasteiger partial charge is 0.294 e. The first kappa shape index (κ1) is 22.0. The number of piperidine rings is 2. The standard InChI is InChI=1S/C29H38N4O2/c34-27-12-5-13-31(27)28-29(35)33(26-11-2-1-10-25(26)30-28)24-17-21-8-4-9-22(18-24)32(21)23-15-19-6-3-7-20(14-19)16-23/h1-2,10-11,19-24H,3-9,12-18H2/t19-,20+,21-,22+,23+,24+. The molecule has 0 N–H and O–H groups in total. The summed E-state index contributed by atoms with van der Waals surface area (Å²) in [5, 5.41) is 0. The third kappa shape index (κ3) is 3.75. The van der Waals surface area contributed by atoms with Crippen LogP contribution in [-0.2, 0) is 4.79 Å². The predicted molar refractivity (Wildman–Crippen MR) is 138 cm³/mol. The lowest BCUT2D eigenvalue weighted by molar-refractivity contribution is -0.117. The van der Waals surface area contributed by atoms with Crippen LogP contribution in [0.1, 0.15) is 89.5 Å². The van der Waals surface area contributed by atoms with Crippen LogP contribution >= 0.6 is 0 Å². The molecular formula is C29H38N4O2. The molecule has 1 amide bonds. The Bertz CT molecular complexity index is 1160. The van der Waals surface area contributed by atoms with Crippen LogP contribution in [0, 0.1) is 11.8 Å². The largest absolute Gasteiger partial charge is 0.300 e. The van der Waals surface area contributed by atoms with Crippen molar-refractivity contribution in [3.8, 4) is 0 Å². The molecule has 35 heavy (non-hydrogen) atoms. The van der Waals surface area contributed by atoms with E-state index in [-0.39, 0.29) is 17.5 Å². The number of carbonyl (C=O) groups is 1. The van der Waals surface area contributed by atoms with E-state index < -0.39 is 0 Å². The molecule has 3 aliphatic heterocycles. The van der Waals surface area contributed by atoms with Gasteiger partial charge in [0.2, 0.25) is 11.7 Å². The fraction of sp³-hybridized carbons (Fsp3) is 0.690. The molecule has 0 radical (unpaired) electrons. The number of amides is 1. The Morgan fingerprint density at radius 1 is 0.743 bits per heavy atom. The maximum absolute atomic E-state index is 13.9. The number of aromatic nitrogens is 2. The van der Waals surface area contributed by atoms with Gasteiger partial charge in [0, 0.05) is 37.1 Å². The van der Waals surface area contributed by atoms with Gasteiger partial charge in [0.15, 0.2) is 0 Å². The highest BCUT2D eigenvalue weighted by molar-refractivity contribution is 5.95. The molecule has 186 valence electrons. The number of hydrogen-bond donors (Lipinski definition) is 0. The number of rotatable bonds is 3. The molecule has 6 heteroatoms. The fourth-order valence-corrected chi connectivity index (χ4v) is 8.69. The minimum Gasteiger partial charge on any atom is -0.300 e. The Hall–Kier alpha value is -2.21. The lowest BCUT2D eigenvalue weighted by atomic mass is 9.68. The van der Waals surface area contributed by atoms with E-state index in [1.807, 2.05) is 28.8 Å². The number of nitrogens with zero attached hydrogens (tertiary/aromatic N) is 4. The number of carbonyl (C=O) groups excluding carboxylic acids is 1. The summed E-state index contributed by atoms with van der Waals surface area (Å²) < 4.78 is 2.04. The van der Waals surface area contributed by atoms with Crippen LogP contribution in [0.3, 0.4) is 0 Å². The summed E-state index contributed by atoms with van der Waals surface area (Å²) in [4.78, 5) is 35.8. The average Bonchev–Trinajstić information content (AvgIpc) is 3.28. The zero-order chi connectivity index (χ0) is 23.5. The van der Waals surface area contributed by atoms with E-state index in [1.54, 1.807) is 4.90 Å². The summed E-state index contributed by atoms with van der Waals surface area (Å²) in [6, 6.07) is 10.1. The van der Waals surface area contributed by atoms with Gasteiger partial charge in [0.1, 0.15) is 0 Å². The topological polar surface area (TPSA) is 58.4 Å². The van der Waals surface area contributed by atoms with E-state index in [0.29, 0.717) is 30.9 Å². The third-order valence-electron chi connectivity index (χ3n) is 10.0. The van der Waals surface area contributed by atoms with Crippen LogP contribution in [0.4, 0.5) is 5.82 Å². The number of benzene rings is 1. The van der Waals surface area contributed by atoms with Gasteiger partial charge >= 0.3 is 0 Å². The summed E-state index contributed by atoms with van der Waals surface area (Å²) in [5.41, 5.74) is 1.69. The van der Waals surface area contributed by atoms with Crippen LogP contribution in [-0.4, -0.2) is 45.0 Å². The molecule has 2 saturated carbocycles. The van der Waals surface area contributed by atoms with Crippen molar-refractivity contribution in [1.82, 2.24) is 14.5 Å². The highest BCUT2D eigenvalue weighted by atomic mass is 16.2. The van der Waals surface area contributed by atoms with Gasteiger partial charge in [-0.2, -0.15) is 0 Å². The van der Waals surface area contributed by atoms with Crippen LogP contribution < -0.4 is 10.5 Å². The molecule has 1 aromatic carbocycles. The molecule has 4 heterocycles. The van der Waals surface area contributed by atoms with Crippen molar-refractivity contribution in [2.45, 2.75) is 108 Å². The summed E-state index contributed by atoms with van der Waals surface area (Å²) in [5.74, 6) is 2.27. The Balaban J connectivity index is 1.24. The Morgan fingerprint density at radius 2 is 1.46 bits per heavy atom. The van der Waals surface area contributed by atoms with Crippen molar-refractivity contribution in [2.24, 2.45) is 11.8 Å². The van der Waals surface area contributed by atoms with Gasteiger partial charge in [-0.05, 0) is 75.3 Å². The van der Waals surface area contributed by atoms with Gasteiger partial charge in [-0.15, -0.1) is 0 Å². The van der Waals surface area contributed by atoms with E-state index in [1.165, 1.54) is 57.8 Å². The highest BCUT2D eigenvalue weighted by Gasteiger charge is 2.45. The Labute approximate surface area is 207 Å². The molecule has 4 bridgehead atoms.